The first-order valence-electron chi connectivity index (χ1n) is 9.95. The number of hydrogen-bond donors (Lipinski definition) is 1. The van der Waals surface area contributed by atoms with E-state index < -0.39 is 5.97 Å². The highest BCUT2D eigenvalue weighted by molar-refractivity contribution is 5.96. The molecule has 1 atom stereocenters. The van der Waals surface area contributed by atoms with Crippen molar-refractivity contribution in [2.24, 2.45) is 0 Å². The number of aromatic nitrogens is 2. The van der Waals surface area contributed by atoms with Gasteiger partial charge in [-0.15, -0.1) is 0 Å². The molecule has 1 saturated heterocycles. The van der Waals surface area contributed by atoms with Crippen molar-refractivity contribution in [2.45, 2.75) is 6.10 Å². The standard InChI is InChI=1S/C23H23N3O5/c1-29-23(28)17-10-18(13-24-11-17)31-15-19-14-26(8-9-30-19)22(27)7-6-16-12-25-21-5-3-2-4-20(16)21/h2-7,10-13,19,25H,8-9,14-15H2,1H3/b7-6+. The third kappa shape index (κ3) is 4.92. The van der Waals surface area contributed by atoms with Crippen molar-refractivity contribution in [2.75, 3.05) is 33.4 Å². The highest BCUT2D eigenvalue weighted by Gasteiger charge is 2.24. The van der Waals surface area contributed by atoms with Gasteiger partial charge in [0, 0.05) is 35.9 Å². The summed E-state index contributed by atoms with van der Waals surface area (Å²) >= 11 is 0. The Bertz CT molecular complexity index is 1110. The number of para-hydroxylation sites is 1. The van der Waals surface area contributed by atoms with Crippen molar-refractivity contribution in [3.63, 3.8) is 0 Å². The van der Waals surface area contributed by atoms with E-state index in [4.69, 9.17) is 9.47 Å². The topological polar surface area (TPSA) is 93.8 Å². The molecule has 1 aromatic carbocycles. The van der Waals surface area contributed by atoms with Crippen LogP contribution in [0, 0.1) is 0 Å². The monoisotopic (exact) mass is 421 g/mol. The van der Waals surface area contributed by atoms with Gasteiger partial charge in [0.1, 0.15) is 18.5 Å². The minimum atomic E-state index is -0.481. The van der Waals surface area contributed by atoms with E-state index in [0.29, 0.717) is 31.0 Å². The summed E-state index contributed by atoms with van der Waals surface area (Å²) in [6, 6.07) is 9.52. The number of ether oxygens (including phenoxy) is 3. The lowest BCUT2D eigenvalue weighted by Crippen LogP contribution is -2.47. The van der Waals surface area contributed by atoms with Crippen molar-refractivity contribution in [1.29, 1.82) is 0 Å². The van der Waals surface area contributed by atoms with E-state index in [1.807, 2.05) is 36.5 Å². The highest BCUT2D eigenvalue weighted by Crippen LogP contribution is 2.19. The number of hydrogen-bond acceptors (Lipinski definition) is 6. The van der Waals surface area contributed by atoms with Crippen LogP contribution in [-0.2, 0) is 14.3 Å². The zero-order valence-corrected chi connectivity index (χ0v) is 17.1. The van der Waals surface area contributed by atoms with Crippen molar-refractivity contribution < 1.29 is 23.8 Å². The predicted octanol–water partition coefficient (Wildman–Crippen LogP) is 2.67. The number of fused-ring (bicyclic) bond motifs is 1. The van der Waals surface area contributed by atoms with E-state index in [-0.39, 0.29) is 18.6 Å². The van der Waals surface area contributed by atoms with E-state index in [0.717, 1.165) is 16.5 Å². The van der Waals surface area contributed by atoms with Gasteiger partial charge in [-0.1, -0.05) is 18.2 Å². The van der Waals surface area contributed by atoms with Crippen LogP contribution in [0.4, 0.5) is 0 Å². The van der Waals surface area contributed by atoms with Crippen molar-refractivity contribution in [3.05, 3.63) is 66.1 Å². The van der Waals surface area contributed by atoms with Gasteiger partial charge in [0.05, 0.1) is 32.0 Å². The average molecular weight is 421 g/mol. The molecule has 3 aromatic rings. The minimum absolute atomic E-state index is 0.0760. The van der Waals surface area contributed by atoms with Gasteiger partial charge in [0.2, 0.25) is 5.91 Å². The highest BCUT2D eigenvalue weighted by atomic mass is 16.5. The number of benzene rings is 1. The molecule has 31 heavy (non-hydrogen) atoms. The van der Waals surface area contributed by atoms with Crippen LogP contribution >= 0.6 is 0 Å². The minimum Gasteiger partial charge on any atom is -0.489 e. The Balaban J connectivity index is 1.34. The third-order valence-corrected chi connectivity index (χ3v) is 5.05. The lowest BCUT2D eigenvalue weighted by Gasteiger charge is -2.32. The fourth-order valence-corrected chi connectivity index (χ4v) is 3.44. The molecule has 8 heteroatoms. The van der Waals surface area contributed by atoms with Crippen LogP contribution < -0.4 is 4.74 Å². The molecule has 1 aliphatic heterocycles. The molecule has 2 aromatic heterocycles. The molecular formula is C23H23N3O5. The van der Waals surface area contributed by atoms with Crippen LogP contribution in [0.2, 0.25) is 0 Å². The second-order valence-electron chi connectivity index (χ2n) is 7.11. The maximum atomic E-state index is 12.7. The van der Waals surface area contributed by atoms with Crippen LogP contribution in [0.5, 0.6) is 5.75 Å². The van der Waals surface area contributed by atoms with Crippen molar-refractivity contribution in [1.82, 2.24) is 14.9 Å². The molecule has 1 N–H and O–H groups in total. The Morgan fingerprint density at radius 2 is 2.19 bits per heavy atom. The second kappa shape index (κ2) is 9.44. The summed E-state index contributed by atoms with van der Waals surface area (Å²) in [5.41, 5.74) is 2.31. The molecular weight excluding hydrogens is 398 g/mol. The molecule has 0 spiro atoms. The SMILES string of the molecule is COC(=O)c1cncc(OCC2CN(C(=O)/C=C/c3c[nH]c4ccccc34)CCO2)c1. The number of nitrogens with zero attached hydrogens (tertiary/aromatic N) is 2. The zero-order chi connectivity index (χ0) is 21.6. The molecule has 0 bridgehead atoms. The first kappa shape index (κ1) is 20.6. The predicted molar refractivity (Wildman–Crippen MR) is 115 cm³/mol. The summed E-state index contributed by atoms with van der Waals surface area (Å²) in [5, 5.41) is 1.07. The molecule has 0 saturated carbocycles. The van der Waals surface area contributed by atoms with Crippen LogP contribution in [0.3, 0.4) is 0 Å². The fourth-order valence-electron chi connectivity index (χ4n) is 3.44. The van der Waals surface area contributed by atoms with Gasteiger partial charge in [-0.3, -0.25) is 9.78 Å². The Morgan fingerprint density at radius 3 is 3.06 bits per heavy atom. The van der Waals surface area contributed by atoms with E-state index in [1.54, 1.807) is 17.0 Å². The third-order valence-electron chi connectivity index (χ3n) is 5.05. The van der Waals surface area contributed by atoms with Crippen molar-refractivity contribution >= 4 is 28.9 Å². The molecule has 1 fully saturated rings. The second-order valence-corrected chi connectivity index (χ2v) is 7.11. The summed E-state index contributed by atoms with van der Waals surface area (Å²) in [7, 11) is 1.31. The van der Waals surface area contributed by atoms with Crippen LogP contribution in [0.15, 0.2) is 55.0 Å². The summed E-state index contributed by atoms with van der Waals surface area (Å²) in [5.74, 6) is -0.118. The van der Waals surface area contributed by atoms with Gasteiger partial charge in [-0.05, 0) is 23.8 Å². The molecule has 1 unspecified atom stereocenters. The van der Waals surface area contributed by atoms with Gasteiger partial charge in [-0.2, -0.15) is 0 Å². The van der Waals surface area contributed by atoms with Gasteiger partial charge >= 0.3 is 5.97 Å². The summed E-state index contributed by atoms with van der Waals surface area (Å²) in [6.45, 7) is 1.61. The number of H-pyrrole nitrogens is 1. The average Bonchev–Trinajstić information content (AvgIpc) is 3.24. The number of amides is 1. The van der Waals surface area contributed by atoms with E-state index >= 15 is 0 Å². The normalized spacial score (nSPS) is 16.5. The molecule has 8 nitrogen and oxygen atoms in total. The first-order chi connectivity index (χ1) is 15.1. The van der Waals surface area contributed by atoms with Crippen molar-refractivity contribution in [3.8, 4) is 5.75 Å². The number of carbonyl (C=O) groups excluding carboxylic acids is 2. The Morgan fingerprint density at radius 1 is 1.32 bits per heavy atom. The van der Waals surface area contributed by atoms with Gasteiger partial charge in [-0.25, -0.2) is 4.79 Å². The number of nitrogens with one attached hydrogen (secondary N) is 1. The van der Waals surface area contributed by atoms with Gasteiger partial charge in [0.25, 0.3) is 0 Å². The summed E-state index contributed by atoms with van der Waals surface area (Å²) < 4.78 is 16.1. The number of methoxy groups -OCH3 is 1. The molecule has 0 aliphatic carbocycles. The number of esters is 1. The molecule has 4 rings (SSSR count). The maximum absolute atomic E-state index is 12.7. The van der Waals surface area contributed by atoms with Crippen LogP contribution in [-0.4, -0.2) is 66.3 Å². The Hall–Kier alpha value is -3.65. The molecule has 1 amide bonds. The van der Waals surface area contributed by atoms with Gasteiger partial charge in [0.15, 0.2) is 0 Å². The number of pyridine rings is 1. The summed E-state index contributed by atoms with van der Waals surface area (Å²) in [6.07, 6.45) is 7.95. The fraction of sp³-hybridized carbons (Fsp3) is 0.261. The smallest absolute Gasteiger partial charge is 0.339 e. The van der Waals surface area contributed by atoms with Gasteiger partial charge < -0.3 is 24.1 Å². The lowest BCUT2D eigenvalue weighted by molar-refractivity contribution is -0.134. The summed E-state index contributed by atoms with van der Waals surface area (Å²) in [4.78, 5) is 33.2. The molecule has 160 valence electrons. The van der Waals surface area contributed by atoms with E-state index in [9.17, 15) is 9.59 Å². The van der Waals surface area contributed by atoms with E-state index in [1.165, 1.54) is 19.5 Å². The lowest BCUT2D eigenvalue weighted by atomic mass is 10.1. The first-order valence-corrected chi connectivity index (χ1v) is 9.95. The quantitative estimate of drug-likeness (QED) is 0.486. The molecule has 1 aliphatic rings. The van der Waals surface area contributed by atoms with Crippen LogP contribution in [0.1, 0.15) is 15.9 Å². The number of carbonyl (C=O) groups is 2. The number of rotatable bonds is 6. The Labute approximate surface area is 179 Å². The molecule has 3 heterocycles. The van der Waals surface area contributed by atoms with E-state index in [2.05, 4.69) is 14.7 Å². The number of aromatic amines is 1. The van der Waals surface area contributed by atoms with Crippen LogP contribution in [0.25, 0.3) is 17.0 Å². The Kier molecular flexibility index (Phi) is 6.28. The zero-order valence-electron chi connectivity index (χ0n) is 17.1. The maximum Gasteiger partial charge on any atom is 0.339 e. The number of morpholine rings is 1. The largest absolute Gasteiger partial charge is 0.489 e. The molecule has 0 radical (unpaired) electrons.